The average Bonchev–Trinajstić information content (AvgIpc) is 3.23. The zero-order valence-corrected chi connectivity index (χ0v) is 13.8. The van der Waals surface area contributed by atoms with Gasteiger partial charge >= 0.3 is 0 Å². The highest BCUT2D eigenvalue weighted by atomic mass is 32.2. The van der Waals surface area contributed by atoms with E-state index >= 15 is 0 Å². The Morgan fingerprint density at radius 1 is 1.36 bits per heavy atom. The van der Waals surface area contributed by atoms with Crippen molar-refractivity contribution in [2.75, 3.05) is 18.8 Å². The van der Waals surface area contributed by atoms with E-state index in [1.54, 1.807) is 11.3 Å². The van der Waals surface area contributed by atoms with Gasteiger partial charge in [-0.3, -0.25) is 9.89 Å². The van der Waals surface area contributed by atoms with Crippen LogP contribution in [0.4, 0.5) is 0 Å². The molecule has 2 aromatic heterocycles. The van der Waals surface area contributed by atoms with E-state index in [1.807, 2.05) is 34.6 Å². The predicted octanol–water partition coefficient (Wildman–Crippen LogP) is 3.14. The van der Waals surface area contributed by atoms with Crippen LogP contribution >= 0.6 is 23.1 Å². The number of hydrogen-bond donors (Lipinski definition) is 1. The fourth-order valence-electron chi connectivity index (χ4n) is 2.31. The standard InChI is InChI=1S/C15H18N4OS2/c20-14(19-8-2-1-3-9-19)11-22-15-16-13(17-18-15)7-6-12-5-4-10-21-12/h4-7,10H,1-3,8-9,11H2,(H,16,17,18). The number of aromatic amines is 1. The van der Waals surface area contributed by atoms with Crippen LogP contribution < -0.4 is 0 Å². The second kappa shape index (κ2) is 7.60. The zero-order valence-electron chi connectivity index (χ0n) is 12.2. The summed E-state index contributed by atoms with van der Waals surface area (Å²) in [5.74, 6) is 1.30. The molecule has 1 aliphatic heterocycles. The first-order chi connectivity index (χ1) is 10.8. The van der Waals surface area contributed by atoms with Gasteiger partial charge in [-0.15, -0.1) is 16.4 Å². The quantitative estimate of drug-likeness (QED) is 0.853. The fraction of sp³-hybridized carbons (Fsp3) is 0.400. The van der Waals surface area contributed by atoms with Crippen LogP contribution in [-0.2, 0) is 4.79 Å². The normalized spacial score (nSPS) is 15.5. The molecule has 1 aliphatic rings. The molecule has 1 amide bonds. The van der Waals surface area contributed by atoms with Crippen LogP contribution in [0.1, 0.15) is 30.0 Å². The van der Waals surface area contributed by atoms with Gasteiger partial charge in [0.15, 0.2) is 0 Å². The van der Waals surface area contributed by atoms with Crippen molar-refractivity contribution in [2.45, 2.75) is 24.4 Å². The second-order valence-corrected chi connectivity index (χ2v) is 7.00. The van der Waals surface area contributed by atoms with Crippen molar-refractivity contribution < 1.29 is 4.79 Å². The molecule has 116 valence electrons. The number of H-pyrrole nitrogens is 1. The van der Waals surface area contributed by atoms with Crippen LogP contribution in [0, 0.1) is 0 Å². The van der Waals surface area contributed by atoms with Crippen LogP contribution in [0.2, 0.25) is 0 Å². The number of likely N-dealkylation sites (tertiary alicyclic amines) is 1. The molecule has 0 saturated carbocycles. The Morgan fingerprint density at radius 3 is 3.00 bits per heavy atom. The van der Waals surface area contributed by atoms with Gasteiger partial charge in [-0.1, -0.05) is 17.8 Å². The Kier molecular flexibility index (Phi) is 5.29. The van der Waals surface area contributed by atoms with Gasteiger partial charge in [0, 0.05) is 18.0 Å². The molecule has 7 heteroatoms. The lowest BCUT2D eigenvalue weighted by molar-refractivity contribution is -0.129. The number of carbonyl (C=O) groups excluding carboxylic acids is 1. The van der Waals surface area contributed by atoms with Crippen LogP contribution in [0.3, 0.4) is 0 Å². The maximum atomic E-state index is 12.1. The molecule has 0 spiro atoms. The Hall–Kier alpha value is -1.60. The highest BCUT2D eigenvalue weighted by Gasteiger charge is 2.17. The minimum absolute atomic E-state index is 0.185. The van der Waals surface area contributed by atoms with Crippen molar-refractivity contribution >= 4 is 41.2 Å². The maximum Gasteiger partial charge on any atom is 0.233 e. The van der Waals surface area contributed by atoms with E-state index in [1.165, 1.54) is 23.1 Å². The smallest absolute Gasteiger partial charge is 0.233 e. The molecular formula is C15H18N4OS2. The third-order valence-corrected chi connectivity index (χ3v) is 5.13. The first-order valence-electron chi connectivity index (χ1n) is 7.36. The summed E-state index contributed by atoms with van der Waals surface area (Å²) in [4.78, 5) is 19.6. The van der Waals surface area contributed by atoms with Crippen molar-refractivity contribution in [1.29, 1.82) is 0 Å². The molecule has 0 unspecified atom stereocenters. The monoisotopic (exact) mass is 334 g/mol. The van der Waals surface area contributed by atoms with E-state index in [0.29, 0.717) is 16.7 Å². The molecule has 0 aromatic carbocycles. The van der Waals surface area contributed by atoms with E-state index < -0.39 is 0 Å². The summed E-state index contributed by atoms with van der Waals surface area (Å²) in [6.07, 6.45) is 7.37. The number of thioether (sulfide) groups is 1. The first-order valence-corrected chi connectivity index (χ1v) is 9.22. The summed E-state index contributed by atoms with van der Waals surface area (Å²) >= 11 is 3.07. The topological polar surface area (TPSA) is 61.9 Å². The van der Waals surface area contributed by atoms with Crippen LogP contribution in [0.5, 0.6) is 0 Å². The van der Waals surface area contributed by atoms with Crippen LogP contribution in [-0.4, -0.2) is 44.8 Å². The molecule has 0 aliphatic carbocycles. The van der Waals surface area contributed by atoms with Gasteiger partial charge in [0.05, 0.1) is 5.75 Å². The van der Waals surface area contributed by atoms with Gasteiger partial charge in [-0.05, 0) is 42.9 Å². The van der Waals surface area contributed by atoms with Crippen molar-refractivity contribution in [3.05, 3.63) is 28.2 Å². The summed E-state index contributed by atoms with van der Waals surface area (Å²) in [6.45, 7) is 1.78. The molecular weight excluding hydrogens is 316 g/mol. The average molecular weight is 334 g/mol. The summed E-state index contributed by atoms with van der Waals surface area (Å²) < 4.78 is 0. The molecule has 2 aromatic rings. The molecule has 5 nitrogen and oxygen atoms in total. The molecule has 22 heavy (non-hydrogen) atoms. The largest absolute Gasteiger partial charge is 0.342 e. The lowest BCUT2D eigenvalue weighted by Gasteiger charge is -2.26. The van der Waals surface area contributed by atoms with Crippen LogP contribution in [0.25, 0.3) is 12.2 Å². The van der Waals surface area contributed by atoms with Crippen molar-refractivity contribution in [2.24, 2.45) is 0 Å². The number of thiophene rings is 1. The van der Waals surface area contributed by atoms with Gasteiger partial charge in [-0.25, -0.2) is 4.98 Å². The highest BCUT2D eigenvalue weighted by molar-refractivity contribution is 7.99. The number of hydrogen-bond acceptors (Lipinski definition) is 5. The Bertz CT molecular complexity index is 630. The zero-order chi connectivity index (χ0) is 15.2. The summed E-state index contributed by atoms with van der Waals surface area (Å²) in [6, 6.07) is 4.06. The summed E-state index contributed by atoms with van der Waals surface area (Å²) in [7, 11) is 0. The molecule has 3 rings (SSSR count). The van der Waals surface area contributed by atoms with Gasteiger partial charge < -0.3 is 4.90 Å². The third kappa shape index (κ3) is 4.20. The van der Waals surface area contributed by atoms with Gasteiger partial charge in [0.2, 0.25) is 11.1 Å². The van der Waals surface area contributed by atoms with E-state index in [2.05, 4.69) is 15.2 Å². The number of nitrogens with one attached hydrogen (secondary N) is 1. The van der Waals surface area contributed by atoms with Gasteiger partial charge in [0.25, 0.3) is 0 Å². The minimum atomic E-state index is 0.185. The molecule has 0 atom stereocenters. The summed E-state index contributed by atoms with van der Waals surface area (Å²) in [5.41, 5.74) is 0. The number of aromatic nitrogens is 3. The van der Waals surface area contributed by atoms with E-state index in [4.69, 9.17) is 0 Å². The Morgan fingerprint density at radius 2 is 2.23 bits per heavy atom. The number of carbonyl (C=O) groups is 1. The Labute approximate surface area is 137 Å². The third-order valence-electron chi connectivity index (χ3n) is 3.46. The van der Waals surface area contributed by atoms with E-state index in [-0.39, 0.29) is 5.91 Å². The molecule has 1 saturated heterocycles. The number of piperidine rings is 1. The van der Waals surface area contributed by atoms with Gasteiger partial charge in [-0.2, -0.15) is 0 Å². The maximum absolute atomic E-state index is 12.1. The molecule has 0 bridgehead atoms. The molecule has 1 N–H and O–H groups in total. The predicted molar refractivity (Wildman–Crippen MR) is 90.8 cm³/mol. The first kappa shape index (κ1) is 15.3. The van der Waals surface area contributed by atoms with Gasteiger partial charge in [0.1, 0.15) is 5.82 Å². The van der Waals surface area contributed by atoms with E-state index in [9.17, 15) is 4.79 Å². The molecule has 1 fully saturated rings. The Balaban J connectivity index is 1.50. The molecule has 3 heterocycles. The van der Waals surface area contributed by atoms with Crippen molar-refractivity contribution in [3.63, 3.8) is 0 Å². The van der Waals surface area contributed by atoms with Crippen molar-refractivity contribution in [1.82, 2.24) is 20.1 Å². The number of nitrogens with zero attached hydrogens (tertiary/aromatic N) is 3. The highest BCUT2D eigenvalue weighted by Crippen LogP contribution is 2.17. The fourth-order valence-corrected chi connectivity index (χ4v) is 3.63. The lowest BCUT2D eigenvalue weighted by atomic mass is 10.1. The number of rotatable bonds is 5. The SMILES string of the molecule is O=C(CSc1n[nH]c(C=Cc2cccs2)n1)N1CCCCC1. The lowest BCUT2D eigenvalue weighted by Crippen LogP contribution is -2.36. The molecule has 0 radical (unpaired) electrons. The van der Waals surface area contributed by atoms with Crippen molar-refractivity contribution in [3.8, 4) is 0 Å². The van der Waals surface area contributed by atoms with E-state index in [0.717, 1.165) is 25.9 Å². The van der Waals surface area contributed by atoms with Crippen LogP contribution in [0.15, 0.2) is 22.7 Å². The second-order valence-electron chi connectivity index (χ2n) is 5.08. The minimum Gasteiger partial charge on any atom is -0.342 e. The summed E-state index contributed by atoms with van der Waals surface area (Å²) in [5, 5.41) is 9.68. The number of amides is 1.